The predicted octanol–water partition coefficient (Wildman–Crippen LogP) is 2.75. The standard InChI is InChI=1S/C10H21O5P/c1-3-14-16(11,15-4-2)9-13-10-7-5-6-8-12-10/h10H,3-9H2,1-2H3/t10-/m0/s1. The molecule has 1 atom stereocenters. The summed E-state index contributed by atoms with van der Waals surface area (Å²) in [6, 6.07) is 0. The average Bonchev–Trinajstić information content (AvgIpc) is 2.29. The minimum atomic E-state index is -3.09. The van der Waals surface area contributed by atoms with Crippen molar-refractivity contribution in [1.82, 2.24) is 0 Å². The fourth-order valence-corrected chi connectivity index (χ4v) is 2.88. The third-order valence-corrected chi connectivity index (χ3v) is 3.98. The summed E-state index contributed by atoms with van der Waals surface area (Å²) in [6.45, 7) is 4.97. The van der Waals surface area contributed by atoms with E-state index < -0.39 is 7.60 Å². The zero-order chi connectivity index (χ0) is 11.9. The van der Waals surface area contributed by atoms with Crippen LogP contribution in [0.2, 0.25) is 0 Å². The molecule has 0 aromatic rings. The highest BCUT2D eigenvalue weighted by Gasteiger charge is 2.26. The van der Waals surface area contributed by atoms with Crippen LogP contribution in [0.15, 0.2) is 0 Å². The van der Waals surface area contributed by atoms with Crippen LogP contribution < -0.4 is 0 Å². The van der Waals surface area contributed by atoms with Crippen molar-refractivity contribution in [2.45, 2.75) is 39.4 Å². The lowest BCUT2D eigenvalue weighted by Crippen LogP contribution is -2.23. The van der Waals surface area contributed by atoms with Crippen LogP contribution in [0, 0.1) is 0 Å². The van der Waals surface area contributed by atoms with Gasteiger partial charge in [-0.3, -0.25) is 4.57 Å². The van der Waals surface area contributed by atoms with E-state index in [1.54, 1.807) is 13.8 Å². The first-order valence-corrected chi connectivity index (χ1v) is 7.54. The summed E-state index contributed by atoms with van der Waals surface area (Å²) in [5.74, 6) is 0. The second kappa shape index (κ2) is 7.41. The van der Waals surface area contributed by atoms with Gasteiger partial charge in [-0.05, 0) is 33.1 Å². The van der Waals surface area contributed by atoms with Gasteiger partial charge in [0.15, 0.2) is 12.6 Å². The summed E-state index contributed by atoms with van der Waals surface area (Å²) in [7, 11) is -3.09. The molecular formula is C10H21O5P. The van der Waals surface area contributed by atoms with Crippen molar-refractivity contribution in [3.63, 3.8) is 0 Å². The molecule has 0 aliphatic carbocycles. The smallest absolute Gasteiger partial charge is 0.353 e. The molecule has 0 N–H and O–H groups in total. The first-order chi connectivity index (χ1) is 7.70. The Balaban J connectivity index is 2.33. The van der Waals surface area contributed by atoms with E-state index in [2.05, 4.69) is 0 Å². The van der Waals surface area contributed by atoms with Crippen LogP contribution in [-0.2, 0) is 23.1 Å². The summed E-state index contributed by atoms with van der Waals surface area (Å²) in [5, 5.41) is 0. The summed E-state index contributed by atoms with van der Waals surface area (Å²) in [6.07, 6.45) is 2.70. The topological polar surface area (TPSA) is 54.0 Å². The molecule has 0 saturated carbocycles. The van der Waals surface area contributed by atoms with Gasteiger partial charge in [0.05, 0.1) is 13.2 Å². The normalized spacial score (nSPS) is 22.2. The van der Waals surface area contributed by atoms with Crippen LogP contribution in [0.25, 0.3) is 0 Å². The van der Waals surface area contributed by atoms with Gasteiger partial charge in [-0.15, -0.1) is 0 Å². The van der Waals surface area contributed by atoms with Gasteiger partial charge in [0, 0.05) is 6.61 Å². The Morgan fingerprint density at radius 2 is 1.94 bits per heavy atom. The van der Waals surface area contributed by atoms with Crippen LogP contribution in [-0.4, -0.2) is 32.5 Å². The van der Waals surface area contributed by atoms with Crippen molar-refractivity contribution in [1.29, 1.82) is 0 Å². The molecule has 6 heteroatoms. The van der Waals surface area contributed by atoms with E-state index in [1.807, 2.05) is 0 Å². The first-order valence-electron chi connectivity index (χ1n) is 5.81. The Morgan fingerprint density at radius 1 is 1.25 bits per heavy atom. The molecule has 0 bridgehead atoms. The summed E-state index contributed by atoms with van der Waals surface area (Å²) < 4.78 is 33.1. The number of hydrogen-bond acceptors (Lipinski definition) is 5. The van der Waals surface area contributed by atoms with Crippen LogP contribution in [0.3, 0.4) is 0 Å². The molecule has 1 rings (SSSR count). The first kappa shape index (κ1) is 14.1. The maximum absolute atomic E-state index is 12.0. The van der Waals surface area contributed by atoms with Gasteiger partial charge in [0.25, 0.3) is 0 Å². The van der Waals surface area contributed by atoms with Crippen molar-refractivity contribution >= 4 is 7.60 Å². The molecule has 1 fully saturated rings. The van der Waals surface area contributed by atoms with Gasteiger partial charge in [0.2, 0.25) is 0 Å². The van der Waals surface area contributed by atoms with Gasteiger partial charge < -0.3 is 18.5 Å². The van der Waals surface area contributed by atoms with E-state index in [4.69, 9.17) is 18.5 Å². The highest BCUT2D eigenvalue weighted by molar-refractivity contribution is 7.53. The Hall–Kier alpha value is 0.0700. The zero-order valence-corrected chi connectivity index (χ0v) is 10.9. The maximum Gasteiger partial charge on any atom is 0.356 e. The lowest BCUT2D eigenvalue weighted by molar-refractivity contribution is -0.153. The van der Waals surface area contributed by atoms with Crippen molar-refractivity contribution in [2.75, 3.05) is 26.2 Å². The Kier molecular flexibility index (Phi) is 6.54. The molecular weight excluding hydrogens is 231 g/mol. The van der Waals surface area contributed by atoms with Gasteiger partial charge in [0.1, 0.15) is 0 Å². The molecule has 0 aromatic carbocycles. The molecule has 0 aromatic heterocycles. The molecule has 1 aliphatic heterocycles. The van der Waals surface area contributed by atoms with E-state index in [1.165, 1.54) is 0 Å². The number of rotatable bonds is 7. The second-order valence-corrected chi connectivity index (χ2v) is 5.53. The molecule has 1 heterocycles. The van der Waals surface area contributed by atoms with Gasteiger partial charge >= 0.3 is 7.60 Å². The van der Waals surface area contributed by atoms with E-state index >= 15 is 0 Å². The quantitative estimate of drug-likeness (QED) is 0.652. The van der Waals surface area contributed by atoms with Crippen LogP contribution >= 0.6 is 7.60 Å². The lowest BCUT2D eigenvalue weighted by atomic mass is 10.2. The molecule has 1 saturated heterocycles. The van der Waals surface area contributed by atoms with Gasteiger partial charge in [-0.1, -0.05) is 0 Å². The molecule has 0 amide bonds. The van der Waals surface area contributed by atoms with E-state index in [-0.39, 0.29) is 12.6 Å². The third-order valence-electron chi connectivity index (χ3n) is 2.21. The predicted molar refractivity (Wildman–Crippen MR) is 60.4 cm³/mol. The molecule has 5 nitrogen and oxygen atoms in total. The average molecular weight is 252 g/mol. The fraction of sp³-hybridized carbons (Fsp3) is 1.00. The van der Waals surface area contributed by atoms with E-state index in [0.29, 0.717) is 19.8 Å². The van der Waals surface area contributed by atoms with Crippen LogP contribution in [0.1, 0.15) is 33.1 Å². The van der Waals surface area contributed by atoms with E-state index in [0.717, 1.165) is 19.3 Å². The Morgan fingerprint density at radius 3 is 2.44 bits per heavy atom. The summed E-state index contributed by atoms with van der Waals surface area (Å²) in [4.78, 5) is 0. The maximum atomic E-state index is 12.0. The minimum Gasteiger partial charge on any atom is -0.353 e. The van der Waals surface area contributed by atoms with Crippen LogP contribution in [0.5, 0.6) is 0 Å². The summed E-state index contributed by atoms with van der Waals surface area (Å²) >= 11 is 0. The molecule has 0 radical (unpaired) electrons. The lowest BCUT2D eigenvalue weighted by Gasteiger charge is -2.24. The van der Waals surface area contributed by atoms with Crippen molar-refractivity contribution in [3.8, 4) is 0 Å². The molecule has 16 heavy (non-hydrogen) atoms. The van der Waals surface area contributed by atoms with Crippen molar-refractivity contribution in [3.05, 3.63) is 0 Å². The van der Waals surface area contributed by atoms with Crippen LogP contribution in [0.4, 0.5) is 0 Å². The summed E-state index contributed by atoms with van der Waals surface area (Å²) in [5.41, 5.74) is 0. The number of ether oxygens (including phenoxy) is 2. The van der Waals surface area contributed by atoms with Crippen molar-refractivity contribution < 1.29 is 23.1 Å². The highest BCUT2D eigenvalue weighted by Crippen LogP contribution is 2.48. The van der Waals surface area contributed by atoms with Gasteiger partial charge in [-0.2, -0.15) is 0 Å². The second-order valence-electron chi connectivity index (χ2n) is 3.54. The largest absolute Gasteiger partial charge is 0.356 e. The Bertz CT molecular complexity index is 217. The highest BCUT2D eigenvalue weighted by atomic mass is 31.2. The number of hydrogen-bond donors (Lipinski definition) is 0. The molecule has 0 unspecified atom stereocenters. The molecule has 0 spiro atoms. The minimum absolute atomic E-state index is 0.0284. The third kappa shape index (κ3) is 4.93. The van der Waals surface area contributed by atoms with Crippen molar-refractivity contribution in [2.24, 2.45) is 0 Å². The molecule has 96 valence electrons. The Labute approximate surface area is 96.9 Å². The van der Waals surface area contributed by atoms with Gasteiger partial charge in [-0.25, -0.2) is 0 Å². The zero-order valence-electron chi connectivity index (χ0n) is 10.0. The molecule has 1 aliphatic rings. The fourth-order valence-electron chi connectivity index (χ4n) is 1.52. The monoisotopic (exact) mass is 252 g/mol. The SMILES string of the molecule is CCOP(=O)(CO[C@H]1CCCCO1)OCC. The van der Waals surface area contributed by atoms with E-state index in [9.17, 15) is 4.57 Å².